The quantitative estimate of drug-likeness (QED) is 0.480. The predicted molar refractivity (Wildman–Crippen MR) is 91.7 cm³/mol. The normalized spacial score (nSPS) is 12.4. The van der Waals surface area contributed by atoms with Crippen molar-refractivity contribution in [2.75, 3.05) is 0 Å². The van der Waals surface area contributed by atoms with Gasteiger partial charge < -0.3 is 10.8 Å². The Bertz CT molecular complexity index is 810. The van der Waals surface area contributed by atoms with Gasteiger partial charge in [-0.2, -0.15) is 0 Å². The molecule has 122 valence electrons. The second-order valence-corrected chi connectivity index (χ2v) is 6.52. The van der Waals surface area contributed by atoms with Crippen molar-refractivity contribution in [3.05, 3.63) is 41.7 Å². The number of amides is 1. The smallest absolute Gasteiger partial charge is 0.331 e. The van der Waals surface area contributed by atoms with Crippen LogP contribution in [0.1, 0.15) is 26.3 Å². The summed E-state index contributed by atoms with van der Waals surface area (Å²) in [7, 11) is 0. The Labute approximate surface area is 135 Å². The highest BCUT2D eigenvalue weighted by Crippen LogP contribution is 2.26. The second-order valence-electron chi connectivity index (χ2n) is 6.52. The van der Waals surface area contributed by atoms with Gasteiger partial charge in [-0.15, -0.1) is 0 Å². The van der Waals surface area contributed by atoms with Gasteiger partial charge in [-0.1, -0.05) is 20.8 Å². The van der Waals surface area contributed by atoms with Crippen LogP contribution in [-0.2, 0) is 0 Å². The van der Waals surface area contributed by atoms with Gasteiger partial charge in [0, 0.05) is 28.3 Å². The number of aromatic nitrogens is 1. The largest absolute Gasteiger partial charge is 0.508 e. The molecule has 0 unspecified atom stereocenters. The molecule has 2 rings (SSSR count). The molecule has 0 atom stereocenters. The lowest BCUT2D eigenvalue weighted by Gasteiger charge is -2.19. The second kappa shape index (κ2) is 5.79. The van der Waals surface area contributed by atoms with Crippen LogP contribution in [0.25, 0.3) is 10.9 Å². The summed E-state index contributed by atoms with van der Waals surface area (Å²) in [6, 6.07) is 4.52. The first-order chi connectivity index (χ1) is 10.6. The van der Waals surface area contributed by atoms with Crippen molar-refractivity contribution in [1.29, 1.82) is 5.41 Å². The first-order valence-corrected chi connectivity index (χ1v) is 7.28. The molecule has 23 heavy (non-hydrogen) atoms. The number of hydrogen-bond donors (Lipinski definition) is 4. The van der Waals surface area contributed by atoms with Gasteiger partial charge in [0.15, 0.2) is 0 Å². The van der Waals surface area contributed by atoms with Gasteiger partial charge in [-0.3, -0.25) is 15.3 Å². The molecule has 1 amide bonds. The van der Waals surface area contributed by atoms with Crippen molar-refractivity contribution in [2.45, 2.75) is 27.7 Å². The molecule has 5 N–H and O–H groups in total. The number of nitrogens with one attached hydrogen (secondary N) is 2. The molecule has 0 bridgehead atoms. The van der Waals surface area contributed by atoms with E-state index in [-0.39, 0.29) is 17.0 Å². The molecule has 0 radical (unpaired) electrons. The third-order valence-electron chi connectivity index (χ3n) is 3.74. The number of aryl methyl sites for hydroxylation is 1. The average molecular weight is 314 g/mol. The van der Waals surface area contributed by atoms with Crippen LogP contribution >= 0.6 is 0 Å². The number of carbonyl (C=O) groups is 1. The van der Waals surface area contributed by atoms with Crippen LogP contribution in [0.5, 0.6) is 5.75 Å². The van der Waals surface area contributed by atoms with E-state index >= 15 is 0 Å². The van der Waals surface area contributed by atoms with Crippen molar-refractivity contribution in [1.82, 2.24) is 9.88 Å². The third-order valence-corrected chi connectivity index (χ3v) is 3.74. The van der Waals surface area contributed by atoms with E-state index < -0.39 is 6.03 Å². The maximum atomic E-state index is 12.3. The van der Waals surface area contributed by atoms with E-state index in [4.69, 9.17) is 11.1 Å². The van der Waals surface area contributed by atoms with E-state index in [1.807, 2.05) is 20.8 Å². The molecule has 0 fully saturated rings. The lowest BCUT2D eigenvalue weighted by molar-refractivity contribution is 0.247. The van der Waals surface area contributed by atoms with Crippen LogP contribution in [0.3, 0.4) is 0 Å². The van der Waals surface area contributed by atoms with Crippen LogP contribution in [0, 0.1) is 17.7 Å². The molecule has 1 heterocycles. The van der Waals surface area contributed by atoms with E-state index in [0.717, 1.165) is 5.39 Å². The minimum atomic E-state index is -0.451. The molecule has 0 saturated carbocycles. The van der Waals surface area contributed by atoms with Crippen LogP contribution in [-0.4, -0.2) is 21.5 Å². The fourth-order valence-electron chi connectivity index (χ4n) is 2.11. The zero-order valence-electron chi connectivity index (χ0n) is 13.8. The van der Waals surface area contributed by atoms with Gasteiger partial charge in [0.05, 0.1) is 5.52 Å². The van der Waals surface area contributed by atoms with Crippen molar-refractivity contribution in [3.8, 4) is 5.75 Å². The number of nitrogens with two attached hydrogens (primary N) is 1. The molecular formula is C17H22N4O2. The lowest BCUT2D eigenvalue weighted by Crippen LogP contribution is -2.33. The highest BCUT2D eigenvalue weighted by Gasteiger charge is 2.16. The number of nitrogens with zero attached hydrogens (tertiary/aromatic N) is 1. The van der Waals surface area contributed by atoms with Crippen molar-refractivity contribution in [2.24, 2.45) is 11.1 Å². The van der Waals surface area contributed by atoms with Crippen molar-refractivity contribution in [3.63, 3.8) is 0 Å². The number of fused-ring (bicyclic) bond motifs is 1. The number of carbonyl (C=O) groups excluding carboxylic acids is 1. The number of phenolic OH excluding ortho intramolecular Hbond substituents is 1. The summed E-state index contributed by atoms with van der Waals surface area (Å²) in [6.07, 6.45) is 3.05. The summed E-state index contributed by atoms with van der Waals surface area (Å²) in [6.45, 7) is 7.59. The summed E-state index contributed by atoms with van der Waals surface area (Å²) < 4.78 is 1.40. The monoisotopic (exact) mass is 314 g/mol. The molecule has 6 heteroatoms. The Morgan fingerprint density at radius 3 is 2.61 bits per heavy atom. The van der Waals surface area contributed by atoms with Crippen LogP contribution in [0.2, 0.25) is 0 Å². The van der Waals surface area contributed by atoms with Gasteiger partial charge >= 0.3 is 6.03 Å². The zero-order chi connectivity index (χ0) is 17.4. The SMILES string of the molecule is Cc1c(O)ccc2c1ccn2C(=O)NC(=N)/C=C(\N)C(C)(C)C. The fraction of sp³-hybridized carbons (Fsp3) is 0.294. The summed E-state index contributed by atoms with van der Waals surface area (Å²) in [5.74, 6) is 0.115. The Hall–Kier alpha value is -2.76. The molecule has 1 aromatic carbocycles. The average Bonchev–Trinajstić information content (AvgIpc) is 2.86. The molecule has 0 spiro atoms. The van der Waals surface area contributed by atoms with Crippen LogP contribution < -0.4 is 11.1 Å². The first kappa shape index (κ1) is 16.6. The van der Waals surface area contributed by atoms with E-state index in [9.17, 15) is 9.90 Å². The van der Waals surface area contributed by atoms with Gasteiger partial charge in [-0.05, 0) is 31.2 Å². The van der Waals surface area contributed by atoms with Gasteiger partial charge in [0.2, 0.25) is 0 Å². The molecule has 1 aromatic heterocycles. The summed E-state index contributed by atoms with van der Waals surface area (Å²) in [5, 5.41) is 20.9. The van der Waals surface area contributed by atoms with E-state index in [1.165, 1.54) is 10.6 Å². The highest BCUT2D eigenvalue weighted by atomic mass is 16.3. The van der Waals surface area contributed by atoms with E-state index in [1.54, 1.807) is 31.3 Å². The minimum Gasteiger partial charge on any atom is -0.508 e. The van der Waals surface area contributed by atoms with E-state index in [2.05, 4.69) is 5.32 Å². The number of amidine groups is 1. The van der Waals surface area contributed by atoms with Gasteiger partial charge in [0.1, 0.15) is 11.6 Å². The molecular weight excluding hydrogens is 292 g/mol. The molecule has 0 aliphatic heterocycles. The van der Waals surface area contributed by atoms with Crippen molar-refractivity contribution < 1.29 is 9.90 Å². The number of rotatable bonds is 1. The Kier molecular flexibility index (Phi) is 4.18. The lowest BCUT2D eigenvalue weighted by atomic mass is 9.92. The number of allylic oxidation sites excluding steroid dienone is 1. The Morgan fingerprint density at radius 1 is 1.35 bits per heavy atom. The Morgan fingerprint density at radius 2 is 2.00 bits per heavy atom. The summed E-state index contributed by atoms with van der Waals surface area (Å²) >= 11 is 0. The molecule has 0 aliphatic carbocycles. The van der Waals surface area contributed by atoms with Gasteiger partial charge in [0.25, 0.3) is 0 Å². The standard InChI is InChI=1S/C17H22N4O2/c1-10-11-7-8-21(12(11)5-6-13(10)22)16(23)20-15(19)9-14(18)17(2,3)4/h5-9,22H,18H2,1-4H3,(H2,19,20,23)/b14-9-. The summed E-state index contributed by atoms with van der Waals surface area (Å²) in [5.41, 5.74) is 7.52. The molecule has 0 aliphatic rings. The van der Waals surface area contributed by atoms with Crippen LogP contribution in [0.4, 0.5) is 4.79 Å². The zero-order valence-corrected chi connectivity index (χ0v) is 13.8. The minimum absolute atomic E-state index is 0.0697. The molecule has 0 saturated heterocycles. The Balaban J connectivity index is 2.26. The number of hydrogen-bond acceptors (Lipinski definition) is 4. The first-order valence-electron chi connectivity index (χ1n) is 7.28. The highest BCUT2D eigenvalue weighted by molar-refractivity contribution is 6.05. The van der Waals surface area contributed by atoms with Crippen molar-refractivity contribution >= 4 is 22.8 Å². The maximum absolute atomic E-state index is 12.3. The summed E-state index contributed by atoms with van der Waals surface area (Å²) in [4.78, 5) is 12.3. The molecule has 2 aromatic rings. The number of benzene rings is 1. The third kappa shape index (κ3) is 3.36. The maximum Gasteiger partial charge on any atom is 0.331 e. The topological polar surface area (TPSA) is 104 Å². The van der Waals surface area contributed by atoms with E-state index in [0.29, 0.717) is 16.8 Å². The fourth-order valence-corrected chi connectivity index (χ4v) is 2.11. The molecule has 6 nitrogen and oxygen atoms in total. The number of phenols is 1. The number of aromatic hydroxyl groups is 1. The predicted octanol–water partition coefficient (Wildman–Crippen LogP) is 3.08. The van der Waals surface area contributed by atoms with Crippen LogP contribution in [0.15, 0.2) is 36.2 Å². The van der Waals surface area contributed by atoms with Gasteiger partial charge in [-0.25, -0.2) is 4.79 Å².